The second-order valence-electron chi connectivity index (χ2n) is 4.50. The van der Waals surface area contributed by atoms with E-state index < -0.39 is 11.9 Å². The van der Waals surface area contributed by atoms with E-state index in [9.17, 15) is 9.59 Å². The van der Waals surface area contributed by atoms with Crippen LogP contribution >= 0.6 is 0 Å². The molecule has 1 rings (SSSR count). The van der Waals surface area contributed by atoms with Crippen LogP contribution in [0.3, 0.4) is 0 Å². The number of carboxylic acids is 1. The van der Waals surface area contributed by atoms with Crippen molar-refractivity contribution in [1.29, 1.82) is 0 Å². The molecule has 0 heterocycles. The van der Waals surface area contributed by atoms with Gasteiger partial charge in [0.05, 0.1) is 5.56 Å². The normalized spacial score (nSPS) is 11.9. The van der Waals surface area contributed by atoms with Gasteiger partial charge in [-0.15, -0.1) is 0 Å². The molecule has 0 bridgehead atoms. The average molecular weight is 250 g/mol. The summed E-state index contributed by atoms with van der Waals surface area (Å²) in [5, 5.41) is 11.7. The molecule has 0 saturated carbocycles. The van der Waals surface area contributed by atoms with E-state index in [2.05, 4.69) is 5.32 Å². The molecule has 0 saturated heterocycles. The summed E-state index contributed by atoms with van der Waals surface area (Å²) in [5.74, 6) is -1.35. The highest BCUT2D eigenvalue weighted by Crippen LogP contribution is 2.18. The Labute approximate surface area is 106 Å². The van der Waals surface area contributed by atoms with Crippen LogP contribution < -0.4 is 11.1 Å². The van der Waals surface area contributed by atoms with E-state index >= 15 is 0 Å². The molecule has 5 heteroatoms. The molecule has 18 heavy (non-hydrogen) atoms. The Morgan fingerprint density at radius 2 is 2.11 bits per heavy atom. The SMILES string of the molecule is Cc1ccc(C(N)=O)c(NCC(C)CC(=O)O)c1. The number of hydrogen-bond acceptors (Lipinski definition) is 3. The van der Waals surface area contributed by atoms with Crippen LogP contribution in [0, 0.1) is 12.8 Å². The average Bonchev–Trinajstić information content (AvgIpc) is 2.25. The minimum Gasteiger partial charge on any atom is -0.481 e. The lowest BCUT2D eigenvalue weighted by Crippen LogP contribution is -2.19. The zero-order chi connectivity index (χ0) is 13.7. The molecule has 1 atom stereocenters. The van der Waals surface area contributed by atoms with E-state index in [-0.39, 0.29) is 12.3 Å². The van der Waals surface area contributed by atoms with Crippen molar-refractivity contribution in [3.63, 3.8) is 0 Å². The van der Waals surface area contributed by atoms with Gasteiger partial charge in [-0.3, -0.25) is 9.59 Å². The summed E-state index contributed by atoms with van der Waals surface area (Å²) < 4.78 is 0. The first-order valence-corrected chi connectivity index (χ1v) is 5.76. The summed E-state index contributed by atoms with van der Waals surface area (Å²) in [6.45, 7) is 4.23. The van der Waals surface area contributed by atoms with Crippen LogP contribution in [0.5, 0.6) is 0 Å². The zero-order valence-electron chi connectivity index (χ0n) is 10.6. The molecule has 1 amide bonds. The fraction of sp³-hybridized carbons (Fsp3) is 0.385. The third-order valence-corrected chi connectivity index (χ3v) is 2.60. The molecule has 0 aliphatic carbocycles. The van der Waals surface area contributed by atoms with Crippen molar-refractivity contribution in [2.24, 2.45) is 11.7 Å². The van der Waals surface area contributed by atoms with Crippen LogP contribution in [0.25, 0.3) is 0 Å². The molecule has 0 aromatic heterocycles. The molecular weight excluding hydrogens is 232 g/mol. The lowest BCUT2D eigenvalue weighted by Gasteiger charge is -2.14. The van der Waals surface area contributed by atoms with Gasteiger partial charge in [0.1, 0.15) is 0 Å². The van der Waals surface area contributed by atoms with E-state index in [1.807, 2.05) is 26.0 Å². The standard InChI is InChI=1S/C13H18N2O3/c1-8-3-4-10(13(14)18)11(5-8)15-7-9(2)6-12(16)17/h3-5,9,15H,6-7H2,1-2H3,(H2,14,18)(H,16,17). The van der Waals surface area contributed by atoms with Gasteiger partial charge >= 0.3 is 5.97 Å². The van der Waals surface area contributed by atoms with Gasteiger partial charge in [0.25, 0.3) is 5.91 Å². The second kappa shape index (κ2) is 6.05. The molecule has 1 aromatic carbocycles. The summed E-state index contributed by atoms with van der Waals surface area (Å²) in [4.78, 5) is 21.8. The highest BCUT2D eigenvalue weighted by Gasteiger charge is 2.11. The van der Waals surface area contributed by atoms with Crippen LogP contribution in [0.15, 0.2) is 18.2 Å². The third-order valence-electron chi connectivity index (χ3n) is 2.60. The Balaban J connectivity index is 2.74. The van der Waals surface area contributed by atoms with E-state index in [0.717, 1.165) is 5.56 Å². The predicted molar refractivity (Wildman–Crippen MR) is 69.6 cm³/mol. The molecule has 0 aliphatic rings. The molecule has 98 valence electrons. The van der Waals surface area contributed by atoms with E-state index in [4.69, 9.17) is 10.8 Å². The van der Waals surface area contributed by atoms with Crippen molar-refractivity contribution in [2.75, 3.05) is 11.9 Å². The maximum absolute atomic E-state index is 11.2. The summed E-state index contributed by atoms with van der Waals surface area (Å²) >= 11 is 0. The fourth-order valence-electron chi connectivity index (χ4n) is 1.67. The molecule has 5 nitrogen and oxygen atoms in total. The summed E-state index contributed by atoms with van der Waals surface area (Å²) in [6, 6.07) is 5.31. The number of nitrogens with one attached hydrogen (secondary N) is 1. The minimum atomic E-state index is -0.830. The molecule has 0 radical (unpaired) electrons. The van der Waals surface area contributed by atoms with Crippen molar-refractivity contribution >= 4 is 17.6 Å². The van der Waals surface area contributed by atoms with Crippen LogP contribution in [0.4, 0.5) is 5.69 Å². The third kappa shape index (κ3) is 4.08. The van der Waals surface area contributed by atoms with Crippen molar-refractivity contribution < 1.29 is 14.7 Å². The molecule has 0 aliphatic heterocycles. The molecule has 0 fully saturated rings. The highest BCUT2D eigenvalue weighted by molar-refractivity contribution is 5.98. The number of carboxylic acid groups (broad SMARTS) is 1. The topological polar surface area (TPSA) is 92.4 Å². The van der Waals surface area contributed by atoms with Gasteiger partial charge < -0.3 is 16.2 Å². The molecular formula is C13H18N2O3. The minimum absolute atomic E-state index is 0.0243. The maximum Gasteiger partial charge on any atom is 0.303 e. The van der Waals surface area contributed by atoms with Gasteiger partial charge in [0.2, 0.25) is 0 Å². The number of amides is 1. The molecule has 4 N–H and O–H groups in total. The number of aliphatic carboxylic acids is 1. The number of carbonyl (C=O) groups is 2. The van der Waals surface area contributed by atoms with E-state index in [1.165, 1.54) is 0 Å². The highest BCUT2D eigenvalue weighted by atomic mass is 16.4. The van der Waals surface area contributed by atoms with Crippen LogP contribution in [0.1, 0.15) is 29.3 Å². The van der Waals surface area contributed by atoms with Gasteiger partial charge in [-0.25, -0.2) is 0 Å². The van der Waals surface area contributed by atoms with Gasteiger partial charge in [-0.2, -0.15) is 0 Å². The quantitative estimate of drug-likeness (QED) is 0.715. The number of benzene rings is 1. The Bertz CT molecular complexity index is 458. The lowest BCUT2D eigenvalue weighted by atomic mass is 10.1. The van der Waals surface area contributed by atoms with Crippen molar-refractivity contribution in [3.05, 3.63) is 29.3 Å². The number of primary amides is 1. The number of carbonyl (C=O) groups excluding carboxylic acids is 1. The summed E-state index contributed by atoms with van der Waals surface area (Å²) in [5.41, 5.74) is 7.36. The smallest absolute Gasteiger partial charge is 0.303 e. The summed E-state index contributed by atoms with van der Waals surface area (Å²) in [7, 11) is 0. The Morgan fingerprint density at radius 1 is 1.44 bits per heavy atom. The van der Waals surface area contributed by atoms with Crippen molar-refractivity contribution in [3.8, 4) is 0 Å². The Hall–Kier alpha value is -2.04. The van der Waals surface area contributed by atoms with Crippen LogP contribution in [0.2, 0.25) is 0 Å². The second-order valence-corrected chi connectivity index (χ2v) is 4.50. The first kappa shape index (κ1) is 14.0. The number of rotatable bonds is 6. The van der Waals surface area contributed by atoms with Gasteiger partial charge in [-0.1, -0.05) is 13.0 Å². The van der Waals surface area contributed by atoms with Crippen molar-refractivity contribution in [1.82, 2.24) is 0 Å². The molecule has 1 unspecified atom stereocenters. The van der Waals surface area contributed by atoms with Gasteiger partial charge in [0.15, 0.2) is 0 Å². The lowest BCUT2D eigenvalue weighted by molar-refractivity contribution is -0.137. The fourth-order valence-corrected chi connectivity index (χ4v) is 1.67. The molecule has 0 spiro atoms. The number of anilines is 1. The largest absolute Gasteiger partial charge is 0.481 e. The van der Waals surface area contributed by atoms with Crippen LogP contribution in [-0.4, -0.2) is 23.5 Å². The number of aryl methyl sites for hydroxylation is 1. The van der Waals surface area contributed by atoms with E-state index in [0.29, 0.717) is 17.8 Å². The van der Waals surface area contributed by atoms with Crippen LogP contribution in [-0.2, 0) is 4.79 Å². The first-order chi connectivity index (χ1) is 8.40. The number of nitrogens with two attached hydrogens (primary N) is 1. The van der Waals surface area contributed by atoms with E-state index in [1.54, 1.807) is 6.07 Å². The van der Waals surface area contributed by atoms with Gasteiger partial charge in [0, 0.05) is 18.7 Å². The Morgan fingerprint density at radius 3 is 2.67 bits per heavy atom. The summed E-state index contributed by atoms with van der Waals surface area (Å²) in [6.07, 6.45) is 0.0880. The Kier molecular flexibility index (Phi) is 4.71. The first-order valence-electron chi connectivity index (χ1n) is 5.76. The predicted octanol–water partition coefficient (Wildman–Crippen LogP) is 1.62. The monoisotopic (exact) mass is 250 g/mol. The number of hydrogen-bond donors (Lipinski definition) is 3. The van der Waals surface area contributed by atoms with Crippen molar-refractivity contribution in [2.45, 2.75) is 20.3 Å². The molecule has 1 aromatic rings. The zero-order valence-corrected chi connectivity index (χ0v) is 10.6. The maximum atomic E-state index is 11.2. The van der Waals surface area contributed by atoms with Gasteiger partial charge in [-0.05, 0) is 30.5 Å².